The number of hydrogen-bond donors (Lipinski definition) is 0. The minimum Gasteiger partial charge on any atom is -0.456 e. The molecule has 2 atom stereocenters. The van der Waals surface area contributed by atoms with E-state index in [4.69, 9.17) is 4.74 Å². The van der Waals surface area contributed by atoms with Gasteiger partial charge >= 0.3 is 24.0 Å². The van der Waals surface area contributed by atoms with Gasteiger partial charge in [-0.2, -0.15) is 22.0 Å². The van der Waals surface area contributed by atoms with Crippen LogP contribution in [0.5, 0.6) is 0 Å². The van der Waals surface area contributed by atoms with Crippen LogP contribution in [0.2, 0.25) is 0 Å². The number of carbonyl (C=O) groups excluding carboxylic acids is 2. The molecule has 0 aromatic heterocycles. The summed E-state index contributed by atoms with van der Waals surface area (Å²) in [6, 6.07) is 0. The Bertz CT molecular complexity index is 521. The van der Waals surface area contributed by atoms with Gasteiger partial charge in [0.1, 0.15) is 0 Å². The van der Waals surface area contributed by atoms with Crippen molar-refractivity contribution in [2.45, 2.75) is 79.5 Å². The van der Waals surface area contributed by atoms with E-state index in [9.17, 15) is 31.5 Å². The lowest BCUT2D eigenvalue weighted by molar-refractivity contribution is -0.294. The lowest BCUT2D eigenvalue weighted by atomic mass is 9.70. The number of carbonyl (C=O) groups is 2. The van der Waals surface area contributed by atoms with Crippen molar-refractivity contribution in [1.82, 2.24) is 0 Å². The maximum atomic E-state index is 12.8. The number of halogens is 5. The Morgan fingerprint density at radius 2 is 1.41 bits per heavy atom. The van der Waals surface area contributed by atoms with Gasteiger partial charge in [0.2, 0.25) is 0 Å². The van der Waals surface area contributed by atoms with E-state index in [1.807, 2.05) is 41.5 Å². The van der Waals surface area contributed by atoms with E-state index < -0.39 is 48.1 Å². The summed E-state index contributed by atoms with van der Waals surface area (Å²) in [5.41, 5.74) is -0.689. The predicted molar refractivity (Wildman–Crippen MR) is 89.1 cm³/mol. The van der Waals surface area contributed by atoms with E-state index in [-0.39, 0.29) is 5.41 Å². The van der Waals surface area contributed by atoms with Crippen molar-refractivity contribution in [3.8, 4) is 0 Å². The predicted octanol–water partition coefficient (Wildman–Crippen LogP) is 5.15. The van der Waals surface area contributed by atoms with E-state index in [2.05, 4.69) is 4.74 Å². The number of ether oxygens (including phenoxy) is 2. The summed E-state index contributed by atoms with van der Waals surface area (Å²) >= 11 is 0. The van der Waals surface area contributed by atoms with E-state index in [0.717, 1.165) is 13.3 Å². The first-order chi connectivity index (χ1) is 11.8. The molecule has 27 heavy (non-hydrogen) atoms. The molecular weight excluding hydrogens is 375 g/mol. The highest BCUT2D eigenvalue weighted by Crippen LogP contribution is 2.39. The Labute approximate surface area is 156 Å². The summed E-state index contributed by atoms with van der Waals surface area (Å²) in [6.07, 6.45) is -6.19. The van der Waals surface area contributed by atoms with Crippen molar-refractivity contribution in [2.24, 2.45) is 16.7 Å². The third kappa shape index (κ3) is 8.01. The summed E-state index contributed by atoms with van der Waals surface area (Å²) in [7, 11) is 0. The Morgan fingerprint density at radius 1 is 0.926 bits per heavy atom. The van der Waals surface area contributed by atoms with Crippen LogP contribution in [-0.2, 0) is 19.1 Å². The molecule has 0 aromatic carbocycles. The monoisotopic (exact) mass is 404 g/mol. The van der Waals surface area contributed by atoms with Crippen molar-refractivity contribution in [3.63, 3.8) is 0 Å². The fourth-order valence-electron chi connectivity index (χ4n) is 2.11. The van der Waals surface area contributed by atoms with Gasteiger partial charge < -0.3 is 9.47 Å². The van der Waals surface area contributed by atoms with Crippen LogP contribution in [0.15, 0.2) is 0 Å². The van der Waals surface area contributed by atoms with Gasteiger partial charge in [-0.25, -0.2) is 4.79 Å². The van der Waals surface area contributed by atoms with Crippen LogP contribution < -0.4 is 0 Å². The summed E-state index contributed by atoms with van der Waals surface area (Å²) in [5, 5.41) is 0. The molecule has 9 heteroatoms. The molecule has 0 N–H and O–H groups in total. The average Bonchev–Trinajstić information content (AvgIpc) is 2.47. The molecule has 0 radical (unpaired) electrons. The number of alkyl halides is 5. The fraction of sp³-hybridized carbons (Fsp3) is 0.889. The van der Waals surface area contributed by atoms with Gasteiger partial charge in [0, 0.05) is 0 Å². The van der Waals surface area contributed by atoms with Gasteiger partial charge in [-0.1, -0.05) is 48.0 Å². The zero-order valence-corrected chi connectivity index (χ0v) is 16.8. The molecule has 0 amide bonds. The van der Waals surface area contributed by atoms with Crippen LogP contribution >= 0.6 is 0 Å². The lowest BCUT2D eigenvalue weighted by Gasteiger charge is -2.35. The zero-order valence-electron chi connectivity index (χ0n) is 16.8. The second-order valence-corrected chi connectivity index (χ2v) is 8.53. The minimum atomic E-state index is -5.84. The topological polar surface area (TPSA) is 52.6 Å². The number of rotatable bonds is 8. The minimum absolute atomic E-state index is 0.185. The van der Waals surface area contributed by atoms with Gasteiger partial charge in [0.15, 0.2) is 12.7 Å². The van der Waals surface area contributed by atoms with Crippen molar-refractivity contribution < 1.29 is 41.0 Å². The Balaban J connectivity index is 5.01. The second kappa shape index (κ2) is 8.73. The third-order valence-electron chi connectivity index (χ3n) is 4.48. The Hall–Kier alpha value is -1.41. The molecule has 0 aliphatic carbocycles. The first-order valence-corrected chi connectivity index (χ1v) is 8.66. The Kier molecular flexibility index (Phi) is 8.27. The van der Waals surface area contributed by atoms with Crippen LogP contribution in [0.3, 0.4) is 0 Å². The van der Waals surface area contributed by atoms with E-state index in [1.54, 1.807) is 0 Å². The molecule has 0 aliphatic rings. The maximum absolute atomic E-state index is 12.8. The van der Waals surface area contributed by atoms with Gasteiger partial charge in [0.05, 0.1) is 5.92 Å². The van der Waals surface area contributed by atoms with Crippen LogP contribution in [0.25, 0.3) is 0 Å². The van der Waals surface area contributed by atoms with Crippen molar-refractivity contribution in [3.05, 3.63) is 0 Å². The highest BCUT2D eigenvalue weighted by molar-refractivity contribution is 5.80. The molecule has 0 saturated carbocycles. The first kappa shape index (κ1) is 25.6. The van der Waals surface area contributed by atoms with Crippen LogP contribution in [0.1, 0.15) is 61.3 Å². The van der Waals surface area contributed by atoms with Crippen LogP contribution in [-0.4, -0.2) is 36.7 Å². The average molecular weight is 404 g/mol. The van der Waals surface area contributed by atoms with Crippen LogP contribution in [0.4, 0.5) is 22.0 Å². The zero-order chi connectivity index (χ0) is 21.8. The first-order valence-electron chi connectivity index (χ1n) is 8.66. The lowest BCUT2D eigenvalue weighted by Crippen LogP contribution is -2.43. The van der Waals surface area contributed by atoms with Crippen LogP contribution in [0, 0.1) is 16.7 Å². The molecule has 0 heterocycles. The molecule has 0 bridgehead atoms. The molecule has 0 saturated heterocycles. The van der Waals surface area contributed by atoms with Crippen molar-refractivity contribution >= 4 is 11.9 Å². The molecule has 0 spiro atoms. The highest BCUT2D eigenvalue weighted by atomic mass is 19.4. The van der Waals surface area contributed by atoms with Gasteiger partial charge in [-0.3, -0.25) is 4.79 Å². The molecule has 160 valence electrons. The van der Waals surface area contributed by atoms with Crippen molar-refractivity contribution in [2.75, 3.05) is 6.61 Å². The molecule has 0 aromatic rings. The van der Waals surface area contributed by atoms with Crippen molar-refractivity contribution in [1.29, 1.82) is 0 Å². The highest BCUT2D eigenvalue weighted by Gasteiger charge is 2.58. The standard InChI is InChI=1S/C18H29F5O4/c1-8-16(6,7)9-12(15(3,4)5)14(25)27-11(2)13(24)26-10-17(19,20)18(21,22)23/h11-12H,8-10H2,1-7H3. The molecular formula is C18H29F5O4. The fourth-order valence-corrected chi connectivity index (χ4v) is 2.11. The molecule has 2 unspecified atom stereocenters. The van der Waals surface area contributed by atoms with Gasteiger partial charge in [-0.15, -0.1) is 0 Å². The summed E-state index contributed by atoms with van der Waals surface area (Å²) in [6.45, 7) is 10.3. The molecule has 4 nitrogen and oxygen atoms in total. The maximum Gasteiger partial charge on any atom is 0.456 e. The summed E-state index contributed by atoms with van der Waals surface area (Å²) in [5.74, 6) is -7.96. The normalized spacial score (nSPS) is 15.9. The smallest absolute Gasteiger partial charge is 0.456 e. The SMILES string of the molecule is CCC(C)(C)CC(C(=O)OC(C)C(=O)OCC(F)(F)C(F)(F)F)C(C)(C)C. The molecule has 0 aliphatic heterocycles. The van der Waals surface area contributed by atoms with Gasteiger partial charge in [-0.05, 0) is 24.2 Å². The second-order valence-electron chi connectivity index (χ2n) is 8.53. The number of esters is 2. The molecule has 0 fully saturated rings. The van der Waals surface area contributed by atoms with E-state index in [1.165, 1.54) is 0 Å². The van der Waals surface area contributed by atoms with Gasteiger partial charge in [0.25, 0.3) is 0 Å². The third-order valence-corrected chi connectivity index (χ3v) is 4.48. The molecule has 0 rings (SSSR count). The number of hydrogen-bond acceptors (Lipinski definition) is 4. The summed E-state index contributed by atoms with van der Waals surface area (Å²) in [4.78, 5) is 24.2. The Morgan fingerprint density at radius 3 is 1.78 bits per heavy atom. The van der Waals surface area contributed by atoms with E-state index >= 15 is 0 Å². The quantitative estimate of drug-likeness (QED) is 0.415. The summed E-state index contributed by atoms with van der Waals surface area (Å²) < 4.78 is 70.9. The van der Waals surface area contributed by atoms with E-state index in [0.29, 0.717) is 6.42 Å². The largest absolute Gasteiger partial charge is 0.456 e.